The topological polar surface area (TPSA) is 74.6 Å². The van der Waals surface area contributed by atoms with Gasteiger partial charge in [-0.2, -0.15) is 22.0 Å². The summed E-state index contributed by atoms with van der Waals surface area (Å²) in [6.07, 6.45) is 4.36. The third kappa shape index (κ3) is 7.60. The molecule has 0 bridgehead atoms. The van der Waals surface area contributed by atoms with Crippen molar-refractivity contribution < 1.29 is 41.8 Å². The first kappa shape index (κ1) is 36.3. The minimum Gasteiger partial charge on any atom is -0.481 e. The normalized spacial score (nSPS) is 34.8. The highest BCUT2D eigenvalue weighted by molar-refractivity contribution is 5.79. The number of fused-ring (bicyclic) bond motifs is 5. The van der Waals surface area contributed by atoms with Gasteiger partial charge in [-0.1, -0.05) is 38.1 Å². The van der Waals surface area contributed by atoms with Crippen molar-refractivity contribution in [3.8, 4) is 0 Å². The Balaban J connectivity index is 1.13. The Morgan fingerprint density at radius 2 is 1.55 bits per heavy atom. The molecule has 1 unspecified atom stereocenters. The van der Waals surface area contributed by atoms with Gasteiger partial charge in [0.15, 0.2) is 0 Å². The molecule has 47 heavy (non-hydrogen) atoms. The van der Waals surface area contributed by atoms with E-state index < -0.39 is 36.8 Å². The molecule has 4 aliphatic rings. The van der Waals surface area contributed by atoms with Crippen LogP contribution in [0.5, 0.6) is 0 Å². The molecule has 0 heterocycles. The van der Waals surface area contributed by atoms with Crippen molar-refractivity contribution in [3.05, 3.63) is 35.4 Å². The first-order valence-corrected chi connectivity index (χ1v) is 18.0. The minimum absolute atomic E-state index is 0.0189. The fourth-order valence-electron chi connectivity index (χ4n) is 10.8. The molecule has 4 fully saturated rings. The second-order valence-corrected chi connectivity index (χ2v) is 16.1. The molecule has 0 amide bonds. The second-order valence-electron chi connectivity index (χ2n) is 16.1. The SMILES string of the molecule is C[C@]12CCC(=O)C[C@@H]1CC[C@@H]1[C@@H]2[C@@H](CCCc2ccc(CCCC(CCCC(F)(F)C(F)(F)F)C(=O)O)cc2)C[C@]2(C)[C@@H](O)CC[C@@H]12. The number of ketones is 1. The number of aliphatic carboxylic acids is 1. The molecule has 264 valence electrons. The Kier molecular flexibility index (Phi) is 10.9. The smallest absolute Gasteiger partial charge is 0.453 e. The Hall–Kier alpha value is -2.03. The van der Waals surface area contributed by atoms with E-state index in [0.29, 0.717) is 54.6 Å². The minimum atomic E-state index is -5.62. The maximum atomic E-state index is 13.2. The van der Waals surface area contributed by atoms with Crippen LogP contribution in [0.15, 0.2) is 24.3 Å². The number of hydrogen-bond acceptors (Lipinski definition) is 3. The monoisotopic (exact) mass is 668 g/mol. The van der Waals surface area contributed by atoms with Crippen LogP contribution in [0.25, 0.3) is 0 Å². The fourth-order valence-corrected chi connectivity index (χ4v) is 10.8. The number of hydrogen-bond donors (Lipinski definition) is 2. The largest absolute Gasteiger partial charge is 0.481 e. The van der Waals surface area contributed by atoms with E-state index in [0.717, 1.165) is 63.4 Å². The van der Waals surface area contributed by atoms with Crippen LogP contribution < -0.4 is 0 Å². The summed E-state index contributed by atoms with van der Waals surface area (Å²) in [5, 5.41) is 20.6. The molecule has 2 N–H and O–H groups in total. The molecular formula is C38H53F5O4. The molecule has 4 saturated carbocycles. The number of halogens is 5. The summed E-state index contributed by atoms with van der Waals surface area (Å²) in [4.78, 5) is 24.0. The van der Waals surface area contributed by atoms with Crippen molar-refractivity contribution in [2.45, 2.75) is 141 Å². The molecule has 4 aliphatic carbocycles. The summed E-state index contributed by atoms with van der Waals surface area (Å²) in [7, 11) is 0. The van der Waals surface area contributed by atoms with Gasteiger partial charge in [-0.05, 0) is 141 Å². The lowest BCUT2D eigenvalue weighted by Gasteiger charge is -2.62. The first-order chi connectivity index (χ1) is 22.0. The number of Topliss-reactive ketones (excluding diaryl/α,β-unsaturated/α-hetero) is 1. The van der Waals surface area contributed by atoms with Gasteiger partial charge < -0.3 is 10.2 Å². The van der Waals surface area contributed by atoms with Crippen LogP contribution in [0.4, 0.5) is 22.0 Å². The molecular weight excluding hydrogens is 615 g/mol. The van der Waals surface area contributed by atoms with Crippen molar-refractivity contribution in [3.63, 3.8) is 0 Å². The molecule has 0 saturated heterocycles. The molecule has 0 radical (unpaired) electrons. The number of aryl methyl sites for hydroxylation is 2. The second kappa shape index (κ2) is 14.1. The van der Waals surface area contributed by atoms with Gasteiger partial charge >= 0.3 is 18.1 Å². The summed E-state index contributed by atoms with van der Waals surface area (Å²) in [6.45, 7) is 4.81. The van der Waals surface area contributed by atoms with Gasteiger partial charge in [0, 0.05) is 19.3 Å². The number of alkyl halides is 5. The van der Waals surface area contributed by atoms with Crippen LogP contribution in [0.2, 0.25) is 0 Å². The number of carboxylic acid groups (broad SMARTS) is 1. The lowest BCUT2D eigenvalue weighted by Crippen LogP contribution is -2.57. The van der Waals surface area contributed by atoms with E-state index >= 15 is 0 Å². The number of aliphatic hydroxyl groups excluding tert-OH is 1. The lowest BCUT2D eigenvalue weighted by atomic mass is 9.42. The van der Waals surface area contributed by atoms with Crippen molar-refractivity contribution in [2.24, 2.45) is 46.3 Å². The van der Waals surface area contributed by atoms with Crippen molar-refractivity contribution in [2.75, 3.05) is 0 Å². The Bertz CT molecular complexity index is 1250. The highest BCUT2D eigenvalue weighted by Crippen LogP contribution is 2.68. The molecule has 4 nitrogen and oxygen atoms in total. The zero-order valence-corrected chi connectivity index (χ0v) is 28.0. The highest BCUT2D eigenvalue weighted by Gasteiger charge is 2.62. The number of rotatable bonds is 13. The van der Waals surface area contributed by atoms with Crippen LogP contribution in [-0.2, 0) is 22.4 Å². The molecule has 0 aromatic heterocycles. The van der Waals surface area contributed by atoms with Crippen LogP contribution >= 0.6 is 0 Å². The van der Waals surface area contributed by atoms with Gasteiger partial charge in [-0.15, -0.1) is 0 Å². The predicted octanol–water partition coefficient (Wildman–Crippen LogP) is 9.60. The van der Waals surface area contributed by atoms with Crippen molar-refractivity contribution >= 4 is 11.8 Å². The quantitative estimate of drug-likeness (QED) is 0.205. The van der Waals surface area contributed by atoms with E-state index in [1.165, 1.54) is 12.0 Å². The molecule has 0 spiro atoms. The zero-order valence-electron chi connectivity index (χ0n) is 28.0. The molecule has 1 aromatic rings. The summed E-state index contributed by atoms with van der Waals surface area (Å²) in [6, 6.07) is 8.29. The van der Waals surface area contributed by atoms with E-state index in [1.807, 2.05) is 12.1 Å². The zero-order chi connectivity index (χ0) is 34.2. The van der Waals surface area contributed by atoms with Gasteiger partial charge in [-0.25, -0.2) is 0 Å². The van der Waals surface area contributed by atoms with Gasteiger partial charge in [0.25, 0.3) is 0 Å². The third-order valence-electron chi connectivity index (χ3n) is 13.4. The van der Waals surface area contributed by atoms with Crippen molar-refractivity contribution in [1.82, 2.24) is 0 Å². The van der Waals surface area contributed by atoms with E-state index in [4.69, 9.17) is 0 Å². The Labute approximate surface area is 276 Å². The lowest BCUT2D eigenvalue weighted by molar-refractivity contribution is -0.284. The number of aliphatic hydroxyl groups is 1. The molecule has 1 aromatic carbocycles. The van der Waals surface area contributed by atoms with E-state index in [2.05, 4.69) is 26.0 Å². The maximum absolute atomic E-state index is 13.2. The third-order valence-corrected chi connectivity index (χ3v) is 13.4. The molecule has 0 aliphatic heterocycles. The molecule has 9 atom stereocenters. The van der Waals surface area contributed by atoms with E-state index in [9.17, 15) is 41.8 Å². The molecule has 9 heteroatoms. The van der Waals surface area contributed by atoms with E-state index in [-0.39, 0.29) is 29.8 Å². The standard InChI is InChI=1S/C38H53F5O4/c1-35-21-19-29(44)22-28(35)15-16-30-31-17-18-32(45)36(31,2)23-27(33(30)35)9-4-7-25-13-11-24(12-14-25)6-3-8-26(34(46)47)10-5-20-37(39,40)38(41,42)43/h11-14,26-28,30-33,45H,3-10,15-23H2,1-2H3,(H,46,47)/t26?,27-,28-,30-,31-,32-,33-,35-,36-/m0/s1. The number of carbonyl (C=O) groups excluding carboxylic acids is 1. The number of benzene rings is 1. The first-order valence-electron chi connectivity index (χ1n) is 18.0. The summed E-state index contributed by atoms with van der Waals surface area (Å²) in [5.74, 6) is -3.65. The highest BCUT2D eigenvalue weighted by atomic mass is 19.4. The van der Waals surface area contributed by atoms with Gasteiger partial charge in [-0.3, -0.25) is 9.59 Å². The maximum Gasteiger partial charge on any atom is 0.453 e. The molecule has 5 rings (SSSR count). The van der Waals surface area contributed by atoms with Gasteiger partial charge in [0.2, 0.25) is 0 Å². The average molecular weight is 669 g/mol. The van der Waals surface area contributed by atoms with Gasteiger partial charge in [0.1, 0.15) is 5.78 Å². The van der Waals surface area contributed by atoms with Crippen LogP contribution in [0.1, 0.15) is 121 Å². The predicted molar refractivity (Wildman–Crippen MR) is 170 cm³/mol. The van der Waals surface area contributed by atoms with Crippen molar-refractivity contribution in [1.29, 1.82) is 0 Å². The Morgan fingerprint density at radius 3 is 2.19 bits per heavy atom. The van der Waals surface area contributed by atoms with Crippen LogP contribution in [-0.4, -0.2) is 40.2 Å². The number of carboxylic acids is 1. The number of carbonyl (C=O) groups is 2. The van der Waals surface area contributed by atoms with Crippen LogP contribution in [0, 0.1) is 46.3 Å². The van der Waals surface area contributed by atoms with Crippen LogP contribution in [0.3, 0.4) is 0 Å². The summed E-state index contributed by atoms with van der Waals surface area (Å²) >= 11 is 0. The fraction of sp³-hybridized carbons (Fsp3) is 0.789. The van der Waals surface area contributed by atoms with E-state index in [1.54, 1.807) is 0 Å². The summed E-state index contributed by atoms with van der Waals surface area (Å²) in [5.41, 5.74) is 2.45. The average Bonchev–Trinajstić information content (AvgIpc) is 3.30. The summed E-state index contributed by atoms with van der Waals surface area (Å²) < 4.78 is 63.6. The Morgan fingerprint density at radius 1 is 0.915 bits per heavy atom. The van der Waals surface area contributed by atoms with Gasteiger partial charge in [0.05, 0.1) is 12.0 Å².